The number of hydrogen-bond donors (Lipinski definition) is 3. The molecule has 1 aromatic rings. The maximum atomic E-state index is 12.0. The third kappa shape index (κ3) is 3.15. The van der Waals surface area contributed by atoms with Crippen LogP contribution in [-0.2, 0) is 19.5 Å². The minimum Gasteiger partial charge on any atom is -0.478 e. The summed E-state index contributed by atoms with van der Waals surface area (Å²) in [4.78, 5) is 10.9. The molecular formula is C10H15N3O6S. The van der Waals surface area contributed by atoms with Gasteiger partial charge in [0.25, 0.3) is 10.0 Å². The van der Waals surface area contributed by atoms with Crippen LogP contribution in [-0.4, -0.2) is 54.7 Å². The molecule has 20 heavy (non-hydrogen) atoms. The Kier molecular flexibility index (Phi) is 3.82. The highest BCUT2D eigenvalue weighted by molar-refractivity contribution is 7.89. The number of carboxylic acid groups (broad SMARTS) is 1. The molecule has 2 rings (SSSR count). The molecule has 0 amide bonds. The number of aromatic amines is 1. The highest BCUT2D eigenvalue weighted by Gasteiger charge is 2.34. The molecule has 10 heteroatoms. The van der Waals surface area contributed by atoms with Gasteiger partial charge in [0.15, 0.2) is 10.8 Å². The van der Waals surface area contributed by atoms with Crippen molar-refractivity contribution in [3.8, 4) is 0 Å². The van der Waals surface area contributed by atoms with E-state index in [2.05, 4.69) is 14.9 Å². The maximum Gasteiger partial charge on any atom is 0.340 e. The second kappa shape index (κ2) is 5.13. The second-order valence-electron chi connectivity index (χ2n) is 4.72. The number of hydrogen-bond acceptors (Lipinski definition) is 6. The molecule has 1 atom stereocenters. The van der Waals surface area contributed by atoms with Crippen molar-refractivity contribution in [1.82, 2.24) is 14.9 Å². The molecule has 1 aromatic heterocycles. The van der Waals surface area contributed by atoms with Crippen molar-refractivity contribution in [1.29, 1.82) is 0 Å². The summed E-state index contributed by atoms with van der Waals surface area (Å²) in [5.41, 5.74) is -0.415. The van der Waals surface area contributed by atoms with Crippen LogP contribution < -0.4 is 4.72 Å². The van der Waals surface area contributed by atoms with Crippen molar-refractivity contribution in [3.05, 3.63) is 11.8 Å². The summed E-state index contributed by atoms with van der Waals surface area (Å²) in [5.74, 6) is -2.13. The first kappa shape index (κ1) is 14.9. The smallest absolute Gasteiger partial charge is 0.340 e. The van der Waals surface area contributed by atoms with E-state index in [1.54, 1.807) is 13.8 Å². The van der Waals surface area contributed by atoms with Crippen LogP contribution in [0.25, 0.3) is 0 Å². The average molecular weight is 305 g/mol. The number of nitrogens with zero attached hydrogens (tertiary/aromatic N) is 1. The summed E-state index contributed by atoms with van der Waals surface area (Å²) >= 11 is 0. The van der Waals surface area contributed by atoms with Crippen LogP contribution in [0, 0.1) is 0 Å². The van der Waals surface area contributed by atoms with E-state index in [9.17, 15) is 13.2 Å². The topological polar surface area (TPSA) is 131 Å². The van der Waals surface area contributed by atoms with E-state index < -0.39 is 38.5 Å². The lowest BCUT2D eigenvalue weighted by Crippen LogP contribution is -2.35. The van der Waals surface area contributed by atoms with Crippen molar-refractivity contribution in [2.45, 2.75) is 30.8 Å². The van der Waals surface area contributed by atoms with Gasteiger partial charge >= 0.3 is 5.97 Å². The molecule has 1 aliphatic rings. The summed E-state index contributed by atoms with van der Waals surface area (Å²) < 4.78 is 37.0. The van der Waals surface area contributed by atoms with Gasteiger partial charge < -0.3 is 14.6 Å². The minimum atomic E-state index is -4.00. The normalized spacial score (nSPS) is 22.0. The molecule has 1 aliphatic heterocycles. The van der Waals surface area contributed by atoms with E-state index >= 15 is 0 Å². The Balaban J connectivity index is 2.05. The van der Waals surface area contributed by atoms with Gasteiger partial charge in [0, 0.05) is 6.54 Å². The van der Waals surface area contributed by atoms with Crippen LogP contribution in [0.15, 0.2) is 11.2 Å². The van der Waals surface area contributed by atoms with Gasteiger partial charge in [0.05, 0.1) is 18.9 Å². The molecule has 0 radical (unpaired) electrons. The molecule has 2 heterocycles. The lowest BCUT2D eigenvalue weighted by Gasteiger charge is -2.17. The molecule has 0 aliphatic carbocycles. The number of aromatic carboxylic acids is 1. The fraction of sp³-hybridized carbons (Fsp3) is 0.600. The lowest BCUT2D eigenvalue weighted by molar-refractivity contribution is -0.137. The fourth-order valence-corrected chi connectivity index (χ4v) is 2.92. The Morgan fingerprint density at radius 2 is 2.35 bits per heavy atom. The molecule has 0 aromatic carbocycles. The highest BCUT2D eigenvalue weighted by atomic mass is 32.2. The SMILES string of the molecule is CC1(C)OCC(CNS(=O)(=O)c2[nH]ncc2C(=O)O)O1. The van der Waals surface area contributed by atoms with E-state index in [0.29, 0.717) is 0 Å². The van der Waals surface area contributed by atoms with Crippen molar-refractivity contribution in [3.63, 3.8) is 0 Å². The van der Waals surface area contributed by atoms with Gasteiger partial charge in [-0.15, -0.1) is 0 Å². The standard InChI is InChI=1S/C10H15N3O6S/c1-10(2)18-5-6(19-10)3-12-20(16,17)8-7(9(14)15)4-11-13-8/h4,6,12H,3,5H2,1-2H3,(H,11,13)(H,14,15). The Morgan fingerprint density at radius 1 is 1.65 bits per heavy atom. The first-order valence-corrected chi connectivity index (χ1v) is 7.28. The van der Waals surface area contributed by atoms with Crippen LogP contribution in [0.4, 0.5) is 0 Å². The van der Waals surface area contributed by atoms with Crippen LogP contribution in [0.2, 0.25) is 0 Å². The number of rotatable bonds is 5. The third-order valence-corrected chi connectivity index (χ3v) is 4.07. The molecule has 3 N–H and O–H groups in total. The summed E-state index contributed by atoms with van der Waals surface area (Å²) in [6.07, 6.45) is 0.505. The van der Waals surface area contributed by atoms with Crippen LogP contribution in [0.1, 0.15) is 24.2 Å². The van der Waals surface area contributed by atoms with Crippen molar-refractivity contribution in [2.24, 2.45) is 0 Å². The molecular weight excluding hydrogens is 290 g/mol. The third-order valence-electron chi connectivity index (χ3n) is 2.67. The van der Waals surface area contributed by atoms with E-state index in [1.165, 1.54) is 0 Å². The van der Waals surface area contributed by atoms with E-state index in [1.807, 2.05) is 0 Å². The molecule has 0 spiro atoms. The average Bonchev–Trinajstić information content (AvgIpc) is 2.93. The maximum absolute atomic E-state index is 12.0. The van der Waals surface area contributed by atoms with Gasteiger partial charge in [-0.05, 0) is 13.8 Å². The number of sulfonamides is 1. The lowest BCUT2D eigenvalue weighted by atomic mass is 10.4. The zero-order valence-electron chi connectivity index (χ0n) is 10.9. The Bertz CT molecular complexity index is 608. The van der Waals surface area contributed by atoms with Crippen LogP contribution >= 0.6 is 0 Å². The van der Waals surface area contributed by atoms with Crippen molar-refractivity contribution < 1.29 is 27.8 Å². The largest absolute Gasteiger partial charge is 0.478 e. The van der Waals surface area contributed by atoms with Gasteiger partial charge in [-0.25, -0.2) is 17.9 Å². The predicted octanol–water partition coefficient (Wildman–Crippen LogP) is -0.462. The Labute approximate surface area is 115 Å². The van der Waals surface area contributed by atoms with E-state index in [-0.39, 0.29) is 13.2 Å². The molecule has 1 saturated heterocycles. The molecule has 0 saturated carbocycles. The monoisotopic (exact) mass is 305 g/mol. The van der Waals surface area contributed by atoms with E-state index in [4.69, 9.17) is 14.6 Å². The number of ether oxygens (including phenoxy) is 2. The predicted molar refractivity (Wildman–Crippen MR) is 65.6 cm³/mol. The van der Waals surface area contributed by atoms with Gasteiger partial charge in [-0.1, -0.05) is 0 Å². The van der Waals surface area contributed by atoms with Gasteiger partial charge in [0.1, 0.15) is 5.56 Å². The van der Waals surface area contributed by atoms with Gasteiger partial charge in [-0.2, -0.15) is 5.10 Å². The number of H-pyrrole nitrogens is 1. The number of aromatic nitrogens is 2. The first-order chi connectivity index (χ1) is 9.21. The quantitative estimate of drug-likeness (QED) is 0.670. The zero-order chi connectivity index (χ0) is 15.0. The molecule has 9 nitrogen and oxygen atoms in total. The highest BCUT2D eigenvalue weighted by Crippen LogP contribution is 2.22. The Hall–Kier alpha value is -1.49. The van der Waals surface area contributed by atoms with E-state index in [0.717, 1.165) is 6.20 Å². The fourth-order valence-electron chi connectivity index (χ4n) is 1.77. The van der Waals surface area contributed by atoms with Crippen LogP contribution in [0.5, 0.6) is 0 Å². The molecule has 1 unspecified atom stereocenters. The molecule has 1 fully saturated rings. The van der Waals surface area contributed by atoms with Crippen molar-refractivity contribution >= 4 is 16.0 Å². The number of nitrogens with one attached hydrogen (secondary N) is 2. The Morgan fingerprint density at radius 3 is 2.90 bits per heavy atom. The van der Waals surface area contributed by atoms with Crippen molar-refractivity contribution in [2.75, 3.05) is 13.2 Å². The molecule has 0 bridgehead atoms. The summed E-state index contributed by atoms with van der Waals surface area (Å²) in [5, 5.41) is 14.0. The van der Waals surface area contributed by atoms with Gasteiger partial charge in [-0.3, -0.25) is 5.10 Å². The first-order valence-electron chi connectivity index (χ1n) is 5.79. The molecule has 112 valence electrons. The van der Waals surface area contributed by atoms with Crippen LogP contribution in [0.3, 0.4) is 0 Å². The zero-order valence-corrected chi connectivity index (χ0v) is 11.7. The van der Waals surface area contributed by atoms with Gasteiger partial charge in [0.2, 0.25) is 0 Å². The summed E-state index contributed by atoms with van der Waals surface area (Å²) in [6, 6.07) is 0. The number of carbonyl (C=O) groups is 1. The second-order valence-corrected chi connectivity index (χ2v) is 6.42. The number of carboxylic acids is 1. The summed E-state index contributed by atoms with van der Waals surface area (Å²) in [7, 11) is -4.00. The minimum absolute atomic E-state index is 0.0240. The summed E-state index contributed by atoms with van der Waals surface area (Å²) in [6.45, 7) is 3.67.